The van der Waals surface area contributed by atoms with Gasteiger partial charge < -0.3 is 4.74 Å². The molecule has 0 amide bonds. The molecule has 0 saturated heterocycles. The van der Waals surface area contributed by atoms with Crippen molar-refractivity contribution in [1.29, 1.82) is 5.26 Å². The molecule has 1 aliphatic rings. The standard InChI is InChI=1S/C18H15NO2/c19-12-13-4-3-7-16(10-13)18(20)21-17-9-8-14-5-1-2-6-15(14)11-17/h3-4,7-11H,1-2,5-6H2. The van der Waals surface area contributed by atoms with E-state index in [1.165, 1.54) is 24.0 Å². The molecule has 0 bridgehead atoms. The van der Waals surface area contributed by atoms with E-state index >= 15 is 0 Å². The molecule has 3 rings (SSSR count). The molecule has 3 heteroatoms. The molecule has 0 fully saturated rings. The van der Waals surface area contributed by atoms with Gasteiger partial charge in [-0.25, -0.2) is 4.79 Å². The monoisotopic (exact) mass is 277 g/mol. The van der Waals surface area contributed by atoms with Crippen molar-refractivity contribution in [2.24, 2.45) is 0 Å². The first-order valence-electron chi connectivity index (χ1n) is 7.10. The van der Waals surface area contributed by atoms with Crippen molar-refractivity contribution in [3.8, 4) is 11.8 Å². The molecule has 3 nitrogen and oxygen atoms in total. The zero-order valence-corrected chi connectivity index (χ0v) is 11.6. The SMILES string of the molecule is N#Cc1cccc(C(=O)Oc2ccc3c(c2)CCCC3)c1. The Labute approximate surface area is 123 Å². The summed E-state index contributed by atoms with van der Waals surface area (Å²) < 4.78 is 5.42. The molecule has 0 N–H and O–H groups in total. The highest BCUT2D eigenvalue weighted by atomic mass is 16.5. The molecule has 0 aliphatic heterocycles. The zero-order chi connectivity index (χ0) is 14.7. The molecule has 2 aromatic carbocycles. The van der Waals surface area contributed by atoms with E-state index in [1.54, 1.807) is 24.3 Å². The highest BCUT2D eigenvalue weighted by Gasteiger charge is 2.13. The van der Waals surface area contributed by atoms with Gasteiger partial charge in [0, 0.05) is 0 Å². The Morgan fingerprint density at radius 3 is 2.67 bits per heavy atom. The molecule has 21 heavy (non-hydrogen) atoms. The lowest BCUT2D eigenvalue weighted by Gasteiger charge is -2.16. The van der Waals surface area contributed by atoms with Crippen LogP contribution < -0.4 is 4.74 Å². The molecule has 0 unspecified atom stereocenters. The van der Waals surface area contributed by atoms with Crippen LogP contribution in [-0.2, 0) is 12.8 Å². The second-order valence-electron chi connectivity index (χ2n) is 5.22. The first-order chi connectivity index (χ1) is 10.3. The van der Waals surface area contributed by atoms with E-state index in [2.05, 4.69) is 0 Å². The summed E-state index contributed by atoms with van der Waals surface area (Å²) in [5, 5.41) is 8.86. The summed E-state index contributed by atoms with van der Waals surface area (Å²) in [6, 6.07) is 14.4. The van der Waals surface area contributed by atoms with Crippen LogP contribution in [0.15, 0.2) is 42.5 Å². The van der Waals surface area contributed by atoms with Crippen molar-refractivity contribution in [1.82, 2.24) is 0 Å². The summed E-state index contributed by atoms with van der Waals surface area (Å²) in [5.41, 5.74) is 3.48. The number of nitriles is 1. The first-order valence-corrected chi connectivity index (χ1v) is 7.10. The molecule has 0 radical (unpaired) electrons. The number of aryl methyl sites for hydroxylation is 2. The van der Waals surface area contributed by atoms with Crippen LogP contribution in [0.2, 0.25) is 0 Å². The molecule has 104 valence electrons. The Morgan fingerprint density at radius 1 is 1.05 bits per heavy atom. The van der Waals surface area contributed by atoms with Crippen LogP contribution in [0.4, 0.5) is 0 Å². The lowest BCUT2D eigenvalue weighted by atomic mass is 9.92. The number of carbonyl (C=O) groups is 1. The van der Waals surface area contributed by atoms with Gasteiger partial charge in [0.05, 0.1) is 17.2 Å². The predicted molar refractivity (Wildman–Crippen MR) is 79.2 cm³/mol. The third kappa shape index (κ3) is 2.95. The average molecular weight is 277 g/mol. The molecule has 0 spiro atoms. The number of hydrogen-bond donors (Lipinski definition) is 0. The number of esters is 1. The van der Waals surface area contributed by atoms with E-state index in [1.807, 2.05) is 24.3 Å². The van der Waals surface area contributed by atoms with E-state index in [-0.39, 0.29) is 0 Å². The zero-order valence-electron chi connectivity index (χ0n) is 11.6. The normalized spacial score (nSPS) is 13.1. The van der Waals surface area contributed by atoms with Gasteiger partial charge in [-0.3, -0.25) is 0 Å². The highest BCUT2D eigenvalue weighted by molar-refractivity contribution is 5.91. The van der Waals surface area contributed by atoms with Gasteiger partial charge in [0.15, 0.2) is 0 Å². The smallest absolute Gasteiger partial charge is 0.343 e. The number of fused-ring (bicyclic) bond motifs is 1. The lowest BCUT2D eigenvalue weighted by molar-refractivity contribution is 0.0734. The number of benzene rings is 2. The number of carbonyl (C=O) groups excluding carboxylic acids is 1. The molecular weight excluding hydrogens is 262 g/mol. The second-order valence-corrected chi connectivity index (χ2v) is 5.22. The summed E-state index contributed by atoms with van der Waals surface area (Å²) in [5.74, 6) is 0.144. The third-order valence-electron chi connectivity index (χ3n) is 3.76. The Morgan fingerprint density at radius 2 is 1.86 bits per heavy atom. The summed E-state index contributed by atoms with van der Waals surface area (Å²) >= 11 is 0. The van der Waals surface area contributed by atoms with Crippen molar-refractivity contribution in [2.45, 2.75) is 25.7 Å². The van der Waals surface area contributed by atoms with Crippen LogP contribution in [-0.4, -0.2) is 5.97 Å². The van der Waals surface area contributed by atoms with Crippen LogP contribution in [0.25, 0.3) is 0 Å². The van der Waals surface area contributed by atoms with Gasteiger partial charge in [-0.05, 0) is 67.1 Å². The Kier molecular flexibility index (Phi) is 3.70. The van der Waals surface area contributed by atoms with Gasteiger partial charge >= 0.3 is 5.97 Å². The molecular formula is C18H15NO2. The minimum absolute atomic E-state index is 0.395. The van der Waals surface area contributed by atoms with Gasteiger partial charge in [0.1, 0.15) is 5.75 Å². The van der Waals surface area contributed by atoms with Crippen molar-refractivity contribution in [3.05, 3.63) is 64.7 Å². The van der Waals surface area contributed by atoms with E-state index in [9.17, 15) is 4.79 Å². The summed E-state index contributed by atoms with van der Waals surface area (Å²) in [6.45, 7) is 0. The van der Waals surface area contributed by atoms with Gasteiger partial charge in [0.2, 0.25) is 0 Å². The van der Waals surface area contributed by atoms with Crippen molar-refractivity contribution < 1.29 is 9.53 Å². The van der Waals surface area contributed by atoms with Crippen LogP contribution >= 0.6 is 0 Å². The molecule has 1 aliphatic carbocycles. The maximum atomic E-state index is 12.1. The van der Waals surface area contributed by atoms with E-state index < -0.39 is 5.97 Å². The second kappa shape index (κ2) is 5.80. The average Bonchev–Trinajstić information content (AvgIpc) is 2.54. The van der Waals surface area contributed by atoms with Gasteiger partial charge in [0.25, 0.3) is 0 Å². The van der Waals surface area contributed by atoms with Gasteiger partial charge in [-0.15, -0.1) is 0 Å². The van der Waals surface area contributed by atoms with Crippen molar-refractivity contribution in [3.63, 3.8) is 0 Å². The van der Waals surface area contributed by atoms with Crippen LogP contribution in [0.1, 0.15) is 39.9 Å². The third-order valence-corrected chi connectivity index (χ3v) is 3.76. The number of nitrogens with zero attached hydrogens (tertiary/aromatic N) is 1. The van der Waals surface area contributed by atoms with Crippen LogP contribution in [0.5, 0.6) is 5.75 Å². The minimum atomic E-state index is -0.428. The van der Waals surface area contributed by atoms with E-state index in [0.29, 0.717) is 16.9 Å². The molecule has 2 aromatic rings. The molecule has 0 atom stereocenters. The van der Waals surface area contributed by atoms with Crippen LogP contribution in [0.3, 0.4) is 0 Å². The fraction of sp³-hybridized carbons (Fsp3) is 0.222. The number of hydrogen-bond acceptors (Lipinski definition) is 3. The Hall–Kier alpha value is -2.60. The molecule has 0 aromatic heterocycles. The molecule has 0 saturated carbocycles. The Balaban J connectivity index is 1.80. The number of ether oxygens (including phenoxy) is 1. The summed E-state index contributed by atoms with van der Waals surface area (Å²) in [6.07, 6.45) is 4.57. The van der Waals surface area contributed by atoms with Crippen LogP contribution in [0, 0.1) is 11.3 Å². The predicted octanol–water partition coefficient (Wildman–Crippen LogP) is 3.66. The maximum absolute atomic E-state index is 12.1. The lowest BCUT2D eigenvalue weighted by Crippen LogP contribution is -2.10. The minimum Gasteiger partial charge on any atom is -0.423 e. The summed E-state index contributed by atoms with van der Waals surface area (Å²) in [4.78, 5) is 12.1. The molecule has 0 heterocycles. The summed E-state index contributed by atoms with van der Waals surface area (Å²) in [7, 11) is 0. The fourth-order valence-electron chi connectivity index (χ4n) is 2.65. The topological polar surface area (TPSA) is 50.1 Å². The van der Waals surface area contributed by atoms with Gasteiger partial charge in [-0.1, -0.05) is 12.1 Å². The van der Waals surface area contributed by atoms with Crippen molar-refractivity contribution in [2.75, 3.05) is 0 Å². The van der Waals surface area contributed by atoms with Crippen molar-refractivity contribution >= 4 is 5.97 Å². The Bertz CT molecular complexity index is 728. The van der Waals surface area contributed by atoms with E-state index in [0.717, 1.165) is 12.8 Å². The number of rotatable bonds is 2. The quantitative estimate of drug-likeness (QED) is 0.622. The maximum Gasteiger partial charge on any atom is 0.343 e. The fourth-order valence-corrected chi connectivity index (χ4v) is 2.65. The van der Waals surface area contributed by atoms with E-state index in [4.69, 9.17) is 10.00 Å². The van der Waals surface area contributed by atoms with Gasteiger partial charge in [-0.2, -0.15) is 5.26 Å². The largest absolute Gasteiger partial charge is 0.423 e. The first kappa shape index (κ1) is 13.4. The highest BCUT2D eigenvalue weighted by Crippen LogP contribution is 2.25.